The largest absolute Gasteiger partial charge is 0.469 e. The molecule has 1 saturated carbocycles. The van der Waals surface area contributed by atoms with Crippen molar-refractivity contribution in [3.8, 4) is 0 Å². The quantitative estimate of drug-likeness (QED) is 0.366. The molecule has 1 aliphatic carbocycles. The molecule has 0 radical (unpaired) electrons. The van der Waals surface area contributed by atoms with Crippen LogP contribution in [0.4, 0.5) is 0 Å². The Kier molecular flexibility index (Phi) is 6.70. The van der Waals surface area contributed by atoms with Crippen LogP contribution in [-0.2, 0) is 17.8 Å². The van der Waals surface area contributed by atoms with Crippen LogP contribution in [0.5, 0.6) is 0 Å². The summed E-state index contributed by atoms with van der Waals surface area (Å²) in [5.41, 5.74) is 1.15. The molecule has 0 bridgehead atoms. The third-order valence-electron chi connectivity index (χ3n) is 4.17. The number of furan rings is 1. The molecule has 1 aliphatic rings. The fourth-order valence-corrected chi connectivity index (χ4v) is 2.54. The molecule has 3 N–H and O–H groups in total. The minimum absolute atomic E-state index is 0.167. The molecule has 1 fully saturated rings. The second kappa shape index (κ2) is 9.65. The van der Waals surface area contributed by atoms with Crippen molar-refractivity contribution in [2.45, 2.75) is 25.8 Å². The van der Waals surface area contributed by atoms with Gasteiger partial charge in [-0.15, -0.1) is 0 Å². The van der Waals surface area contributed by atoms with E-state index in [-0.39, 0.29) is 11.8 Å². The van der Waals surface area contributed by atoms with Gasteiger partial charge in [0.1, 0.15) is 5.76 Å². The minimum atomic E-state index is 0.167. The van der Waals surface area contributed by atoms with Crippen LogP contribution in [0.25, 0.3) is 0 Å². The van der Waals surface area contributed by atoms with E-state index in [9.17, 15) is 4.79 Å². The van der Waals surface area contributed by atoms with Crippen molar-refractivity contribution in [2.24, 2.45) is 10.9 Å². The van der Waals surface area contributed by atoms with Gasteiger partial charge in [-0.05, 0) is 30.5 Å². The van der Waals surface area contributed by atoms with Crippen LogP contribution < -0.4 is 16.0 Å². The van der Waals surface area contributed by atoms with E-state index in [1.807, 2.05) is 30.3 Å². The normalized spacial score (nSPS) is 14.1. The molecule has 0 aliphatic heterocycles. The molecule has 3 rings (SSSR count). The van der Waals surface area contributed by atoms with Gasteiger partial charge in [-0.2, -0.15) is 0 Å². The van der Waals surface area contributed by atoms with Crippen LogP contribution in [-0.4, -0.2) is 31.5 Å². The number of hydrogen-bond donors (Lipinski definition) is 3. The Morgan fingerprint density at radius 1 is 1.00 bits per heavy atom. The highest BCUT2D eigenvalue weighted by atomic mass is 16.3. The standard InChI is InChI=1S/C20H26N4O2/c25-19(17-8-9-17)21-12-13-23-20(22-11-10-18-7-4-14-26-18)24-15-16-5-2-1-3-6-16/h1-7,14,17H,8-13,15H2,(H,21,25)(H2,22,23,24). The Labute approximate surface area is 154 Å². The number of benzene rings is 1. The number of aliphatic imine (C=N–C) groups is 1. The van der Waals surface area contributed by atoms with Gasteiger partial charge in [0.25, 0.3) is 0 Å². The first-order valence-corrected chi connectivity index (χ1v) is 9.17. The highest BCUT2D eigenvalue weighted by molar-refractivity contribution is 5.81. The second-order valence-electron chi connectivity index (χ2n) is 6.40. The summed E-state index contributed by atoms with van der Waals surface area (Å²) < 4.78 is 5.35. The molecule has 1 aromatic heterocycles. The maximum atomic E-state index is 11.7. The molecule has 1 amide bonds. The fraction of sp³-hybridized carbons (Fsp3) is 0.400. The summed E-state index contributed by atoms with van der Waals surface area (Å²) in [6.45, 7) is 2.56. The van der Waals surface area contributed by atoms with Crippen molar-refractivity contribution >= 4 is 11.9 Å². The molecular formula is C20H26N4O2. The van der Waals surface area contributed by atoms with Crippen molar-refractivity contribution in [2.75, 3.05) is 19.6 Å². The number of rotatable bonds is 9. The molecular weight excluding hydrogens is 328 g/mol. The lowest BCUT2D eigenvalue weighted by molar-refractivity contribution is -0.122. The van der Waals surface area contributed by atoms with E-state index >= 15 is 0 Å². The molecule has 1 heterocycles. The number of guanidine groups is 1. The van der Waals surface area contributed by atoms with Crippen molar-refractivity contribution in [1.82, 2.24) is 16.0 Å². The van der Waals surface area contributed by atoms with Crippen LogP contribution >= 0.6 is 0 Å². The Morgan fingerprint density at radius 3 is 2.50 bits per heavy atom. The average molecular weight is 354 g/mol. The van der Waals surface area contributed by atoms with E-state index in [0.717, 1.165) is 43.1 Å². The average Bonchev–Trinajstić information content (AvgIpc) is 3.40. The molecule has 2 aromatic rings. The monoisotopic (exact) mass is 354 g/mol. The highest BCUT2D eigenvalue weighted by Crippen LogP contribution is 2.28. The van der Waals surface area contributed by atoms with E-state index in [1.54, 1.807) is 6.26 Å². The van der Waals surface area contributed by atoms with Gasteiger partial charge in [0, 0.05) is 32.0 Å². The first-order valence-electron chi connectivity index (χ1n) is 9.17. The first-order chi connectivity index (χ1) is 12.8. The molecule has 138 valence electrons. The predicted octanol–water partition coefficient (Wildman–Crippen LogP) is 2.08. The number of amides is 1. The van der Waals surface area contributed by atoms with Crippen LogP contribution in [0.3, 0.4) is 0 Å². The number of hydrogen-bond acceptors (Lipinski definition) is 3. The van der Waals surface area contributed by atoms with Crippen molar-refractivity contribution in [1.29, 1.82) is 0 Å². The van der Waals surface area contributed by atoms with Crippen molar-refractivity contribution < 1.29 is 9.21 Å². The summed E-state index contributed by atoms with van der Waals surface area (Å²) >= 11 is 0. The van der Waals surface area contributed by atoms with Crippen LogP contribution in [0.15, 0.2) is 58.1 Å². The summed E-state index contributed by atoms with van der Waals surface area (Å²) in [5, 5.41) is 9.55. The van der Waals surface area contributed by atoms with Crippen molar-refractivity contribution in [3.63, 3.8) is 0 Å². The molecule has 6 heteroatoms. The third kappa shape index (κ3) is 6.27. The summed E-state index contributed by atoms with van der Waals surface area (Å²) in [5.74, 6) is 2.09. The lowest BCUT2D eigenvalue weighted by Crippen LogP contribution is -2.42. The van der Waals surface area contributed by atoms with Gasteiger partial charge in [-0.1, -0.05) is 30.3 Å². The first kappa shape index (κ1) is 18.0. The summed E-state index contributed by atoms with van der Waals surface area (Å²) in [6.07, 6.45) is 4.52. The molecule has 0 spiro atoms. The molecule has 26 heavy (non-hydrogen) atoms. The summed E-state index contributed by atoms with van der Waals surface area (Å²) in [4.78, 5) is 16.3. The van der Waals surface area contributed by atoms with E-state index in [0.29, 0.717) is 19.6 Å². The van der Waals surface area contributed by atoms with Gasteiger partial charge in [0.05, 0.1) is 12.8 Å². The van der Waals surface area contributed by atoms with Crippen LogP contribution in [0.1, 0.15) is 24.2 Å². The van der Waals surface area contributed by atoms with Gasteiger partial charge in [-0.3, -0.25) is 4.79 Å². The van der Waals surface area contributed by atoms with Gasteiger partial charge in [-0.25, -0.2) is 4.99 Å². The third-order valence-corrected chi connectivity index (χ3v) is 4.17. The molecule has 0 saturated heterocycles. The zero-order valence-corrected chi connectivity index (χ0v) is 14.9. The van der Waals surface area contributed by atoms with Gasteiger partial charge in [0.15, 0.2) is 5.96 Å². The number of carbonyl (C=O) groups excluding carboxylic acids is 1. The molecule has 0 unspecified atom stereocenters. The van der Waals surface area contributed by atoms with E-state index in [1.165, 1.54) is 0 Å². The summed E-state index contributed by atoms with van der Waals surface area (Å²) in [6, 6.07) is 14.0. The van der Waals surface area contributed by atoms with Crippen LogP contribution in [0.2, 0.25) is 0 Å². The smallest absolute Gasteiger partial charge is 0.223 e. The molecule has 1 aromatic carbocycles. The predicted molar refractivity (Wildman–Crippen MR) is 102 cm³/mol. The molecule has 0 atom stereocenters. The Hall–Kier alpha value is -2.76. The van der Waals surface area contributed by atoms with E-state index in [2.05, 4.69) is 33.1 Å². The molecule has 6 nitrogen and oxygen atoms in total. The lowest BCUT2D eigenvalue weighted by Gasteiger charge is -2.13. The zero-order chi connectivity index (χ0) is 18.0. The zero-order valence-electron chi connectivity index (χ0n) is 14.9. The minimum Gasteiger partial charge on any atom is -0.469 e. The fourth-order valence-electron chi connectivity index (χ4n) is 2.54. The highest BCUT2D eigenvalue weighted by Gasteiger charge is 2.28. The van der Waals surface area contributed by atoms with Gasteiger partial charge < -0.3 is 20.4 Å². The Bertz CT molecular complexity index is 694. The lowest BCUT2D eigenvalue weighted by atomic mass is 10.2. The second-order valence-corrected chi connectivity index (χ2v) is 6.40. The topological polar surface area (TPSA) is 78.7 Å². The van der Waals surface area contributed by atoms with Gasteiger partial charge >= 0.3 is 0 Å². The Morgan fingerprint density at radius 2 is 1.77 bits per heavy atom. The Balaban J connectivity index is 1.45. The maximum absolute atomic E-state index is 11.7. The van der Waals surface area contributed by atoms with E-state index in [4.69, 9.17) is 4.42 Å². The number of nitrogens with zero attached hydrogens (tertiary/aromatic N) is 1. The van der Waals surface area contributed by atoms with E-state index < -0.39 is 0 Å². The maximum Gasteiger partial charge on any atom is 0.223 e. The van der Waals surface area contributed by atoms with Crippen LogP contribution in [0, 0.1) is 5.92 Å². The number of carbonyl (C=O) groups is 1. The van der Waals surface area contributed by atoms with Gasteiger partial charge in [0.2, 0.25) is 5.91 Å². The van der Waals surface area contributed by atoms with Crippen molar-refractivity contribution in [3.05, 3.63) is 60.1 Å². The number of nitrogens with one attached hydrogen (secondary N) is 3. The SMILES string of the molecule is O=C(NCCNC(=NCc1ccccc1)NCCc1ccco1)C1CC1. The summed E-state index contributed by atoms with van der Waals surface area (Å²) in [7, 11) is 0.